The summed E-state index contributed by atoms with van der Waals surface area (Å²) in [7, 11) is 0. The van der Waals surface area contributed by atoms with E-state index in [4.69, 9.17) is 4.74 Å². The van der Waals surface area contributed by atoms with Gasteiger partial charge in [-0.25, -0.2) is 4.79 Å². The summed E-state index contributed by atoms with van der Waals surface area (Å²) in [5.74, 6) is -0.467. The van der Waals surface area contributed by atoms with Crippen LogP contribution >= 0.6 is 0 Å². The van der Waals surface area contributed by atoms with Crippen molar-refractivity contribution in [3.8, 4) is 0 Å². The molecule has 0 aliphatic rings. The molecule has 0 saturated heterocycles. The predicted octanol–water partition coefficient (Wildman–Crippen LogP) is 5.21. The molecule has 0 spiro atoms. The van der Waals surface area contributed by atoms with Gasteiger partial charge in [-0.1, -0.05) is 51.5 Å². The molecule has 3 amide bonds. The molecule has 0 aromatic heterocycles. The fourth-order valence-electron chi connectivity index (χ4n) is 3.81. The Bertz CT molecular complexity index is 873. The maximum Gasteiger partial charge on any atom is 0.408 e. The van der Waals surface area contributed by atoms with Crippen LogP contribution in [0.1, 0.15) is 83.5 Å². The number of carbonyl (C=O) groups is 3. The minimum atomic E-state index is -0.854. The van der Waals surface area contributed by atoms with Gasteiger partial charge in [0.2, 0.25) is 11.8 Å². The summed E-state index contributed by atoms with van der Waals surface area (Å²) in [6.45, 7) is 19.8. The van der Waals surface area contributed by atoms with E-state index in [2.05, 4.69) is 24.1 Å². The highest BCUT2D eigenvalue weighted by Gasteiger charge is 2.36. The van der Waals surface area contributed by atoms with Crippen molar-refractivity contribution in [2.75, 3.05) is 13.1 Å². The summed E-state index contributed by atoms with van der Waals surface area (Å²) in [6.07, 6.45) is 3.14. The lowest BCUT2D eigenvalue weighted by Gasteiger charge is -2.35. The number of aryl methyl sites for hydroxylation is 1. The van der Waals surface area contributed by atoms with Crippen molar-refractivity contribution in [1.29, 1.82) is 0 Å². The highest BCUT2D eigenvalue weighted by molar-refractivity contribution is 5.92. The van der Waals surface area contributed by atoms with E-state index in [1.165, 1.54) is 4.90 Å². The van der Waals surface area contributed by atoms with Crippen molar-refractivity contribution in [3.05, 3.63) is 47.5 Å². The van der Waals surface area contributed by atoms with Crippen molar-refractivity contribution < 1.29 is 19.1 Å². The number of amides is 3. The molecule has 0 fully saturated rings. The van der Waals surface area contributed by atoms with Crippen molar-refractivity contribution in [3.63, 3.8) is 0 Å². The first kappa shape index (κ1) is 30.2. The number of ether oxygens (including phenoxy) is 1. The second-order valence-electron chi connectivity index (χ2n) is 10.4. The Morgan fingerprint density at radius 1 is 1.17 bits per heavy atom. The van der Waals surface area contributed by atoms with E-state index >= 15 is 0 Å². The molecule has 7 heteroatoms. The van der Waals surface area contributed by atoms with Gasteiger partial charge in [0.05, 0.1) is 0 Å². The number of nitrogens with one attached hydrogen (secondary N) is 2. The van der Waals surface area contributed by atoms with Gasteiger partial charge in [0.15, 0.2) is 0 Å². The first-order chi connectivity index (χ1) is 16.3. The van der Waals surface area contributed by atoms with Crippen molar-refractivity contribution in [2.24, 2.45) is 5.92 Å². The van der Waals surface area contributed by atoms with Crippen LogP contribution < -0.4 is 10.6 Å². The minimum Gasteiger partial charge on any atom is -0.444 e. The number of rotatable bonds is 12. The molecule has 0 heterocycles. The number of carbonyl (C=O) groups excluding carboxylic acids is 3. The normalized spacial score (nSPS) is 13.1. The molecule has 0 aliphatic heterocycles. The van der Waals surface area contributed by atoms with Gasteiger partial charge in [0.25, 0.3) is 0 Å². The third kappa shape index (κ3) is 9.74. The van der Waals surface area contributed by atoms with Crippen LogP contribution in [0.15, 0.2) is 30.9 Å². The zero-order valence-corrected chi connectivity index (χ0v) is 22.9. The number of hydrogen-bond donors (Lipinski definition) is 2. The largest absolute Gasteiger partial charge is 0.444 e. The van der Waals surface area contributed by atoms with E-state index in [9.17, 15) is 14.4 Å². The molecule has 1 rings (SSSR count). The van der Waals surface area contributed by atoms with Crippen LogP contribution in [-0.2, 0) is 14.3 Å². The lowest BCUT2D eigenvalue weighted by atomic mass is 9.94. The summed E-state index contributed by atoms with van der Waals surface area (Å²) >= 11 is 0. The Kier molecular flexibility index (Phi) is 12.0. The molecule has 196 valence electrons. The van der Waals surface area contributed by atoms with E-state index in [0.717, 1.165) is 29.5 Å². The van der Waals surface area contributed by atoms with E-state index in [1.807, 2.05) is 45.9 Å². The van der Waals surface area contributed by atoms with Crippen LogP contribution in [0.2, 0.25) is 0 Å². The zero-order chi connectivity index (χ0) is 26.8. The standard InChI is InChI=1S/C28H45N3O4/c1-10-12-16-29-25(32)24(22-15-13-14-20(5)21(22)6)31(17-11-2)26(33)23(18-19(3)4)30-27(34)35-28(7,8)9/h11,13-15,19,23-24H,2,10,12,16-18H2,1,3-9H3,(H,29,32)(H,30,34). The molecule has 7 nitrogen and oxygen atoms in total. The monoisotopic (exact) mass is 487 g/mol. The lowest BCUT2D eigenvalue weighted by molar-refractivity contribution is -0.142. The summed E-state index contributed by atoms with van der Waals surface area (Å²) in [5.41, 5.74) is 2.04. The van der Waals surface area contributed by atoms with Crippen molar-refractivity contribution in [2.45, 2.75) is 92.3 Å². The van der Waals surface area contributed by atoms with Crippen LogP contribution in [0.3, 0.4) is 0 Å². The van der Waals surface area contributed by atoms with E-state index in [0.29, 0.717) is 13.0 Å². The molecule has 2 unspecified atom stereocenters. The second-order valence-corrected chi connectivity index (χ2v) is 10.4. The van der Waals surface area contributed by atoms with E-state index in [1.54, 1.807) is 26.8 Å². The Morgan fingerprint density at radius 2 is 1.83 bits per heavy atom. The number of nitrogens with zero attached hydrogens (tertiary/aromatic N) is 1. The van der Waals surface area contributed by atoms with Gasteiger partial charge in [-0.2, -0.15) is 0 Å². The van der Waals surface area contributed by atoms with Crippen LogP contribution in [-0.4, -0.2) is 47.5 Å². The summed E-state index contributed by atoms with van der Waals surface area (Å²) in [6, 6.07) is 4.06. The Labute approximate surface area is 211 Å². The van der Waals surface area contributed by atoms with E-state index < -0.39 is 23.8 Å². The molecular weight excluding hydrogens is 442 g/mol. The van der Waals surface area contributed by atoms with Crippen molar-refractivity contribution in [1.82, 2.24) is 15.5 Å². The third-order valence-corrected chi connectivity index (χ3v) is 5.64. The average Bonchev–Trinajstić information content (AvgIpc) is 2.73. The summed E-state index contributed by atoms with van der Waals surface area (Å²) in [4.78, 5) is 41.5. The Morgan fingerprint density at radius 3 is 2.37 bits per heavy atom. The van der Waals surface area contributed by atoms with Crippen LogP contribution in [0.5, 0.6) is 0 Å². The smallest absolute Gasteiger partial charge is 0.408 e. The molecule has 0 bridgehead atoms. The van der Waals surface area contributed by atoms with Crippen LogP contribution in [0.4, 0.5) is 4.79 Å². The molecule has 1 aromatic rings. The highest BCUT2D eigenvalue weighted by atomic mass is 16.6. The second kappa shape index (κ2) is 13.9. The maximum absolute atomic E-state index is 13.9. The quantitative estimate of drug-likeness (QED) is 0.313. The van der Waals surface area contributed by atoms with Gasteiger partial charge < -0.3 is 20.3 Å². The molecule has 2 atom stereocenters. The molecule has 0 saturated carbocycles. The predicted molar refractivity (Wildman–Crippen MR) is 141 cm³/mol. The average molecular weight is 488 g/mol. The Balaban J connectivity index is 3.47. The fourth-order valence-corrected chi connectivity index (χ4v) is 3.81. The van der Waals surface area contributed by atoms with Gasteiger partial charge in [0.1, 0.15) is 17.7 Å². The number of hydrogen-bond acceptors (Lipinski definition) is 4. The molecule has 35 heavy (non-hydrogen) atoms. The SMILES string of the molecule is C=CCN(C(=O)C(CC(C)C)NC(=O)OC(C)(C)C)C(C(=O)NCCCC)c1cccc(C)c1C. The van der Waals surface area contributed by atoms with E-state index in [-0.39, 0.29) is 24.3 Å². The number of benzene rings is 1. The topological polar surface area (TPSA) is 87.7 Å². The van der Waals surface area contributed by atoms with Gasteiger partial charge >= 0.3 is 6.09 Å². The fraction of sp³-hybridized carbons (Fsp3) is 0.607. The molecular formula is C28H45N3O4. The minimum absolute atomic E-state index is 0.127. The number of unbranched alkanes of at least 4 members (excludes halogenated alkanes) is 1. The lowest BCUT2D eigenvalue weighted by Crippen LogP contribution is -2.53. The third-order valence-electron chi connectivity index (χ3n) is 5.64. The van der Waals surface area contributed by atoms with Crippen molar-refractivity contribution >= 4 is 17.9 Å². The maximum atomic E-state index is 13.9. The molecule has 2 N–H and O–H groups in total. The summed E-state index contributed by atoms with van der Waals surface area (Å²) < 4.78 is 5.41. The summed E-state index contributed by atoms with van der Waals surface area (Å²) in [5, 5.41) is 5.74. The highest BCUT2D eigenvalue weighted by Crippen LogP contribution is 2.28. The van der Waals surface area contributed by atoms with Gasteiger partial charge in [-0.05, 0) is 70.1 Å². The number of alkyl carbamates (subject to hydrolysis) is 1. The van der Waals surface area contributed by atoms with Gasteiger partial charge in [0, 0.05) is 13.1 Å². The first-order valence-corrected chi connectivity index (χ1v) is 12.6. The van der Waals surface area contributed by atoms with Gasteiger partial charge in [-0.15, -0.1) is 6.58 Å². The first-order valence-electron chi connectivity index (χ1n) is 12.6. The molecule has 0 radical (unpaired) electrons. The molecule has 1 aromatic carbocycles. The van der Waals surface area contributed by atoms with Crippen LogP contribution in [0, 0.1) is 19.8 Å². The van der Waals surface area contributed by atoms with Crippen LogP contribution in [0.25, 0.3) is 0 Å². The zero-order valence-electron chi connectivity index (χ0n) is 22.9. The van der Waals surface area contributed by atoms with Gasteiger partial charge in [-0.3, -0.25) is 9.59 Å². The molecule has 0 aliphatic carbocycles. The Hall–Kier alpha value is -2.83.